The van der Waals surface area contributed by atoms with Gasteiger partial charge in [0.05, 0.1) is 31.7 Å². The Balaban J connectivity index is 0.000000591. The largest absolute Gasteiger partial charge is 0.501 e. The molecule has 4 aliphatic heterocycles. The van der Waals surface area contributed by atoms with Gasteiger partial charge in [-0.3, -0.25) is 28.9 Å². The number of ether oxygens (including phenoxy) is 2. The van der Waals surface area contributed by atoms with Crippen LogP contribution in [0.15, 0.2) is 195 Å². The summed E-state index contributed by atoms with van der Waals surface area (Å²) in [6.07, 6.45) is 6.73. The van der Waals surface area contributed by atoms with Crippen LogP contribution in [0, 0.1) is 64.1 Å². The van der Waals surface area contributed by atoms with Crippen LogP contribution >= 0.6 is 0 Å². The van der Waals surface area contributed by atoms with E-state index in [4.69, 9.17) is 9.47 Å². The van der Waals surface area contributed by atoms with Crippen molar-refractivity contribution < 1.29 is 33.4 Å². The first kappa shape index (κ1) is 89.3. The van der Waals surface area contributed by atoms with Gasteiger partial charge in [-0.05, 0) is 90.9 Å². The lowest BCUT2D eigenvalue weighted by atomic mass is 9.84. The monoisotopic (exact) mass is 1360 g/mol. The number of carbonyl (C=O) groups excluding carboxylic acids is 5. The second kappa shape index (κ2) is 42.4. The molecule has 4 aliphatic rings. The van der Waals surface area contributed by atoms with Crippen LogP contribution in [0.2, 0.25) is 0 Å². The number of hydrogen-bond acceptors (Lipinski definition) is 8. The summed E-state index contributed by atoms with van der Waals surface area (Å²) in [4.78, 5) is 66.6. The molecule has 4 aromatic rings. The Labute approximate surface area is 602 Å². The van der Waals surface area contributed by atoms with Gasteiger partial charge >= 0.3 is 0 Å². The standard InChI is InChI=1S/3C16H21NO.C15H19NO2.C8H17N.C8H16O.C7H14O.CH4/c3*1-11(14-8-6-5-7-9-14)10-15-12(2)13(3)17(4)16(15)18;1-10(12-7-5-4-6-8-12)9-13-11(2)14(17)16(3)15(13)18;2*1-6-8(3,4)7(2)9-5;1-5-6(2)7(3)8-4;/h3*5-9,11-12,15H,3,10H2,1-2,4H3;4-8,10-11,13H,9H2,1-3H3;9H,2,6H2,1,3-5H3;2,6H2,1,3-5H3;6H,3,5H2,1-2,4H3;1H4. The first-order valence-electron chi connectivity index (χ1n) is 35.6. The Morgan fingerprint density at radius 2 is 0.687 bits per heavy atom. The van der Waals surface area contributed by atoms with Gasteiger partial charge in [0.2, 0.25) is 29.5 Å². The molecule has 12 nitrogen and oxygen atoms in total. The van der Waals surface area contributed by atoms with Crippen LogP contribution in [0.25, 0.3) is 0 Å². The fraction of sp³-hybridized carbons (Fsp3) is 0.529. The molecule has 0 bridgehead atoms. The minimum absolute atomic E-state index is 0. The van der Waals surface area contributed by atoms with E-state index in [1.54, 1.807) is 36.0 Å². The topological polar surface area (TPSA) is 129 Å². The number of likely N-dealkylation sites (tertiary alicyclic amines) is 4. The van der Waals surface area contributed by atoms with Crippen LogP contribution in [0.3, 0.4) is 0 Å². The number of carbonyl (C=O) groups is 5. The fourth-order valence-electron chi connectivity index (χ4n) is 12.3. The molecule has 0 radical (unpaired) electrons. The lowest BCUT2D eigenvalue weighted by Crippen LogP contribution is -2.26. The van der Waals surface area contributed by atoms with E-state index in [0.717, 1.165) is 79.3 Å². The van der Waals surface area contributed by atoms with Crippen molar-refractivity contribution in [3.8, 4) is 0 Å². The van der Waals surface area contributed by atoms with Gasteiger partial charge in [-0.25, -0.2) is 0 Å². The molecule has 0 aromatic heterocycles. The molecule has 0 spiro atoms. The molecule has 1 N–H and O–H groups in total. The van der Waals surface area contributed by atoms with Crippen molar-refractivity contribution in [3.63, 3.8) is 0 Å². The molecule has 13 unspecified atom stereocenters. The van der Waals surface area contributed by atoms with Gasteiger partial charge in [-0.2, -0.15) is 0 Å². The van der Waals surface area contributed by atoms with E-state index in [2.05, 4.69) is 234 Å². The van der Waals surface area contributed by atoms with Crippen molar-refractivity contribution in [2.24, 2.45) is 64.1 Å². The normalized spacial score (nSPS) is 21.7. The number of hydrogen-bond donors (Lipinski definition) is 1. The predicted octanol–water partition coefficient (Wildman–Crippen LogP) is 20.3. The van der Waals surface area contributed by atoms with Crippen molar-refractivity contribution in [3.05, 3.63) is 217 Å². The van der Waals surface area contributed by atoms with Crippen molar-refractivity contribution >= 4 is 29.5 Å². The van der Waals surface area contributed by atoms with E-state index in [0.29, 0.717) is 29.6 Å². The van der Waals surface area contributed by atoms with Gasteiger partial charge in [0.1, 0.15) is 0 Å². The highest BCUT2D eigenvalue weighted by Gasteiger charge is 2.44. The number of imide groups is 1. The molecule has 8 rings (SSSR count). The second-order valence-corrected chi connectivity index (χ2v) is 29.0. The minimum atomic E-state index is -0.186. The summed E-state index contributed by atoms with van der Waals surface area (Å²) < 4.78 is 9.92. The summed E-state index contributed by atoms with van der Waals surface area (Å²) >= 11 is 0. The maximum atomic E-state index is 12.2. The lowest BCUT2D eigenvalue weighted by Gasteiger charge is -2.24. The van der Waals surface area contributed by atoms with E-state index in [1.165, 1.54) is 27.2 Å². The van der Waals surface area contributed by atoms with Gasteiger partial charge in [-0.1, -0.05) is 279 Å². The Morgan fingerprint density at radius 1 is 0.434 bits per heavy atom. The summed E-state index contributed by atoms with van der Waals surface area (Å²) in [7, 11) is 12.3. The maximum absolute atomic E-state index is 12.2. The molecule has 99 heavy (non-hydrogen) atoms. The third-order valence-corrected chi connectivity index (χ3v) is 21.8. The van der Waals surface area contributed by atoms with Crippen LogP contribution in [0.5, 0.6) is 0 Å². The van der Waals surface area contributed by atoms with Crippen molar-refractivity contribution in [2.75, 3.05) is 49.5 Å². The Morgan fingerprint density at radius 3 is 0.838 bits per heavy atom. The molecule has 548 valence electrons. The molecule has 4 fully saturated rings. The van der Waals surface area contributed by atoms with E-state index in [1.807, 2.05) is 71.5 Å². The van der Waals surface area contributed by atoms with Crippen LogP contribution in [-0.4, -0.2) is 98.6 Å². The molecule has 0 aliphatic carbocycles. The maximum Gasteiger partial charge on any atom is 0.232 e. The second-order valence-electron chi connectivity index (χ2n) is 29.0. The zero-order chi connectivity index (χ0) is 74.7. The highest BCUT2D eigenvalue weighted by Crippen LogP contribution is 2.41. The highest BCUT2D eigenvalue weighted by atomic mass is 16.5. The molecule has 4 heterocycles. The SMILES string of the molecule is C.C=C(NC)C(C)(C)CC.C=C(OC)C(C)(C)CC.C=C(OC)C(C)CC.C=C1C(C)C(CC(C)c2ccccc2)C(=O)N1C.C=C1C(C)C(CC(C)c2ccccc2)C(=O)N1C.C=C1C(C)C(CC(C)c2ccccc2)C(=O)N1C.CC(CC1C(=O)N(C)C(=O)C1C)c1ccccc1. The van der Waals surface area contributed by atoms with Gasteiger partial charge in [0.15, 0.2) is 0 Å². The Hall–Kier alpha value is -7.73. The Bertz CT molecular complexity index is 2830. The van der Waals surface area contributed by atoms with E-state index >= 15 is 0 Å². The fourth-order valence-corrected chi connectivity index (χ4v) is 12.3. The third-order valence-electron chi connectivity index (χ3n) is 21.8. The number of nitrogens with zero attached hydrogens (tertiary/aromatic N) is 4. The molecule has 5 amide bonds. The average molecular weight is 1360 g/mol. The highest BCUT2D eigenvalue weighted by molar-refractivity contribution is 6.04. The number of benzene rings is 4. The van der Waals surface area contributed by atoms with Crippen LogP contribution in [-0.2, 0) is 33.4 Å². The van der Waals surface area contributed by atoms with Gasteiger partial charge < -0.3 is 29.5 Å². The summed E-state index contributed by atoms with van der Waals surface area (Å²) in [6, 6.07) is 41.3. The summed E-state index contributed by atoms with van der Waals surface area (Å²) in [5.41, 5.74) is 9.47. The lowest BCUT2D eigenvalue weighted by molar-refractivity contribution is -0.138. The van der Waals surface area contributed by atoms with Crippen LogP contribution < -0.4 is 5.32 Å². The minimum Gasteiger partial charge on any atom is -0.501 e. The molecular formula is C87H133N5O7. The molecule has 12 heteroatoms. The third kappa shape index (κ3) is 25.4. The van der Waals surface area contributed by atoms with Gasteiger partial charge in [0, 0.05) is 116 Å². The summed E-state index contributed by atoms with van der Waals surface area (Å²) in [6.45, 7) is 57.4. The van der Waals surface area contributed by atoms with Crippen LogP contribution in [0.1, 0.15) is 209 Å². The zero-order valence-electron chi connectivity index (χ0n) is 64.9. The van der Waals surface area contributed by atoms with Gasteiger partial charge in [-0.15, -0.1) is 0 Å². The predicted molar refractivity (Wildman–Crippen MR) is 417 cm³/mol. The average Bonchev–Trinajstić information content (AvgIpc) is 1.69. The van der Waals surface area contributed by atoms with E-state index in [-0.39, 0.29) is 95.1 Å². The molecule has 0 saturated carbocycles. The first-order valence-corrected chi connectivity index (χ1v) is 35.6. The van der Waals surface area contributed by atoms with Crippen LogP contribution in [0.4, 0.5) is 0 Å². The van der Waals surface area contributed by atoms with E-state index in [9.17, 15) is 24.0 Å². The summed E-state index contributed by atoms with van der Waals surface area (Å²) in [5.74, 6) is 4.99. The van der Waals surface area contributed by atoms with Crippen molar-refractivity contribution in [1.29, 1.82) is 0 Å². The smallest absolute Gasteiger partial charge is 0.232 e. The number of allylic oxidation sites excluding steroid dienone is 6. The molecular weight excluding hydrogens is 1230 g/mol. The Kier molecular flexibility index (Phi) is 38.2. The molecule has 4 saturated heterocycles. The van der Waals surface area contributed by atoms with E-state index < -0.39 is 0 Å². The quantitative estimate of drug-likeness (QED) is 0.0645. The number of amides is 5. The number of methoxy groups -OCH3 is 2. The zero-order valence-corrected chi connectivity index (χ0v) is 64.9. The van der Waals surface area contributed by atoms with Gasteiger partial charge in [0.25, 0.3) is 0 Å². The first-order chi connectivity index (χ1) is 45.9. The molecule has 13 atom stereocenters. The summed E-state index contributed by atoms with van der Waals surface area (Å²) in [5, 5.41) is 3.06. The number of nitrogens with one attached hydrogen (secondary N) is 1. The molecule has 4 aromatic carbocycles. The van der Waals surface area contributed by atoms with Crippen molar-refractivity contribution in [1.82, 2.24) is 24.9 Å². The number of rotatable bonds is 21. The van der Waals surface area contributed by atoms with Crippen molar-refractivity contribution in [2.45, 2.75) is 187 Å².